The monoisotopic (exact) mass is 387 g/mol. The Morgan fingerprint density at radius 2 is 2.14 bits per heavy atom. The van der Waals surface area contributed by atoms with Crippen molar-refractivity contribution in [3.05, 3.63) is 41.4 Å². The molecule has 1 saturated carbocycles. The summed E-state index contributed by atoms with van der Waals surface area (Å²) in [6.45, 7) is 1.35. The maximum Gasteiger partial charge on any atom is 0.290 e. The number of nitrogens with zero attached hydrogens (tertiary/aromatic N) is 3. The second-order valence-corrected chi connectivity index (χ2v) is 8.12. The van der Waals surface area contributed by atoms with Gasteiger partial charge in [0.25, 0.3) is 5.91 Å². The summed E-state index contributed by atoms with van der Waals surface area (Å²) >= 11 is 0. The Kier molecular flexibility index (Phi) is 5.19. The van der Waals surface area contributed by atoms with Crippen LogP contribution < -0.4 is 0 Å². The minimum absolute atomic E-state index is 0.133. The molecular formula is C21H26FN3O3. The normalized spacial score (nSPS) is 29.8. The Labute approximate surface area is 164 Å². The van der Waals surface area contributed by atoms with Gasteiger partial charge in [-0.25, -0.2) is 4.39 Å². The molecule has 1 amide bonds. The highest BCUT2D eigenvalue weighted by molar-refractivity contribution is 6.11. The lowest BCUT2D eigenvalue weighted by atomic mass is 9.77. The van der Waals surface area contributed by atoms with Crippen LogP contribution in [-0.4, -0.2) is 65.9 Å². The summed E-state index contributed by atoms with van der Waals surface area (Å²) < 4.78 is 20.0. The average Bonchev–Trinajstić information content (AvgIpc) is 2.95. The van der Waals surface area contributed by atoms with Crippen LogP contribution in [0.15, 0.2) is 35.9 Å². The van der Waals surface area contributed by atoms with Crippen molar-refractivity contribution in [1.82, 2.24) is 14.8 Å². The summed E-state index contributed by atoms with van der Waals surface area (Å²) in [5.41, 5.74) is 1.17. The van der Waals surface area contributed by atoms with E-state index in [1.807, 2.05) is 20.2 Å². The minimum Gasteiger partial charge on any atom is -0.483 e. The molecule has 7 heteroatoms. The largest absolute Gasteiger partial charge is 0.483 e. The molecule has 1 fully saturated rings. The zero-order valence-corrected chi connectivity index (χ0v) is 16.3. The van der Waals surface area contributed by atoms with Gasteiger partial charge in [-0.2, -0.15) is 0 Å². The molecule has 4 rings (SSSR count). The van der Waals surface area contributed by atoms with E-state index in [1.165, 1.54) is 0 Å². The van der Waals surface area contributed by atoms with Gasteiger partial charge in [0.1, 0.15) is 12.3 Å². The highest BCUT2D eigenvalue weighted by Gasteiger charge is 2.52. The van der Waals surface area contributed by atoms with Crippen molar-refractivity contribution in [2.24, 2.45) is 5.92 Å². The van der Waals surface area contributed by atoms with Crippen LogP contribution in [0.1, 0.15) is 37.3 Å². The fourth-order valence-electron chi connectivity index (χ4n) is 4.54. The van der Waals surface area contributed by atoms with Crippen molar-refractivity contribution in [3.63, 3.8) is 0 Å². The molecule has 0 aromatic carbocycles. The van der Waals surface area contributed by atoms with Crippen molar-refractivity contribution in [1.29, 1.82) is 0 Å². The first-order valence-corrected chi connectivity index (χ1v) is 9.92. The van der Waals surface area contributed by atoms with Gasteiger partial charge in [0, 0.05) is 18.9 Å². The standard InChI is InChI=1S/C21H26FN3O3/c1-24(2)9-4-10-25-18(13-5-3-8-23-12-13)17-19(26)15-11-14(22)6-7-16(15)28-20(17)21(25)27/h3,5,8,12,14-16,18H,4,6-7,9-11H2,1-2H3. The first kappa shape index (κ1) is 19.1. The van der Waals surface area contributed by atoms with Crippen LogP contribution in [0.2, 0.25) is 0 Å². The smallest absolute Gasteiger partial charge is 0.290 e. The molecule has 1 aromatic rings. The number of aromatic nitrogens is 1. The first-order chi connectivity index (χ1) is 13.5. The highest BCUT2D eigenvalue weighted by atomic mass is 19.1. The van der Waals surface area contributed by atoms with E-state index in [0.29, 0.717) is 25.0 Å². The number of ether oxygens (including phenoxy) is 1. The second kappa shape index (κ2) is 7.62. The van der Waals surface area contributed by atoms with Crippen molar-refractivity contribution in [2.75, 3.05) is 27.2 Å². The molecule has 3 aliphatic rings. The number of ketones is 1. The van der Waals surface area contributed by atoms with E-state index in [-0.39, 0.29) is 23.9 Å². The van der Waals surface area contributed by atoms with Crippen LogP contribution in [-0.2, 0) is 14.3 Å². The number of halogens is 1. The van der Waals surface area contributed by atoms with E-state index >= 15 is 0 Å². The summed E-state index contributed by atoms with van der Waals surface area (Å²) in [4.78, 5) is 34.4. The van der Waals surface area contributed by atoms with Crippen molar-refractivity contribution in [3.8, 4) is 0 Å². The number of carbonyl (C=O) groups excluding carboxylic acids is 2. The predicted octanol–water partition coefficient (Wildman–Crippen LogP) is 2.28. The molecule has 0 spiro atoms. The third kappa shape index (κ3) is 3.32. The molecule has 6 nitrogen and oxygen atoms in total. The van der Waals surface area contributed by atoms with E-state index in [1.54, 1.807) is 23.4 Å². The quantitative estimate of drug-likeness (QED) is 0.776. The molecule has 2 aliphatic heterocycles. The topological polar surface area (TPSA) is 62.7 Å². The van der Waals surface area contributed by atoms with Gasteiger partial charge < -0.3 is 14.5 Å². The SMILES string of the molecule is CN(C)CCCN1C(=O)C2=C(C(=O)C3CC(F)CCC3O2)C1c1cccnc1. The zero-order valence-electron chi connectivity index (χ0n) is 16.3. The number of fused-ring (bicyclic) bond motifs is 1. The molecule has 1 aliphatic carbocycles. The average molecular weight is 387 g/mol. The molecule has 1 aromatic heterocycles. The molecule has 3 heterocycles. The van der Waals surface area contributed by atoms with Gasteiger partial charge in [-0.05, 0) is 58.0 Å². The molecule has 4 unspecified atom stereocenters. The Morgan fingerprint density at radius 3 is 2.86 bits per heavy atom. The summed E-state index contributed by atoms with van der Waals surface area (Å²) in [7, 11) is 3.97. The van der Waals surface area contributed by atoms with Gasteiger partial charge in [0.15, 0.2) is 11.5 Å². The number of alkyl halides is 1. The number of amides is 1. The first-order valence-electron chi connectivity index (χ1n) is 9.92. The van der Waals surface area contributed by atoms with E-state index in [9.17, 15) is 14.0 Å². The van der Waals surface area contributed by atoms with Crippen LogP contribution in [0.4, 0.5) is 4.39 Å². The Hall–Kier alpha value is -2.28. The van der Waals surface area contributed by atoms with E-state index < -0.39 is 24.2 Å². The molecule has 0 N–H and O–H groups in total. The van der Waals surface area contributed by atoms with Crippen molar-refractivity contribution in [2.45, 2.75) is 44.0 Å². The lowest BCUT2D eigenvalue weighted by molar-refractivity contribution is -0.136. The number of rotatable bonds is 5. The molecule has 4 atom stereocenters. The minimum atomic E-state index is -0.985. The van der Waals surface area contributed by atoms with E-state index in [2.05, 4.69) is 9.88 Å². The summed E-state index contributed by atoms with van der Waals surface area (Å²) in [6, 6.07) is 3.16. The zero-order chi connectivity index (χ0) is 19.8. The van der Waals surface area contributed by atoms with Gasteiger partial charge in [-0.1, -0.05) is 6.07 Å². The molecular weight excluding hydrogens is 361 g/mol. The third-order valence-electron chi connectivity index (χ3n) is 5.88. The lowest BCUT2D eigenvalue weighted by Crippen LogP contribution is -2.42. The Morgan fingerprint density at radius 1 is 1.32 bits per heavy atom. The Balaban J connectivity index is 1.69. The number of hydrogen-bond donors (Lipinski definition) is 0. The molecule has 0 saturated heterocycles. The maximum absolute atomic E-state index is 14.0. The van der Waals surface area contributed by atoms with E-state index in [4.69, 9.17) is 4.74 Å². The summed E-state index contributed by atoms with van der Waals surface area (Å²) in [6.07, 6.45) is 3.78. The fraction of sp³-hybridized carbons (Fsp3) is 0.571. The molecule has 0 bridgehead atoms. The predicted molar refractivity (Wildman–Crippen MR) is 101 cm³/mol. The van der Waals surface area contributed by atoms with Gasteiger partial charge in [-0.15, -0.1) is 0 Å². The Bertz CT molecular complexity index is 795. The molecule has 28 heavy (non-hydrogen) atoms. The highest BCUT2D eigenvalue weighted by Crippen LogP contribution is 2.46. The van der Waals surface area contributed by atoms with Crippen LogP contribution in [0.3, 0.4) is 0 Å². The van der Waals surface area contributed by atoms with Gasteiger partial charge in [0.05, 0.1) is 17.5 Å². The molecule has 0 radical (unpaired) electrons. The third-order valence-corrected chi connectivity index (χ3v) is 5.88. The molecule has 150 valence electrons. The lowest BCUT2D eigenvalue weighted by Gasteiger charge is -2.36. The second-order valence-electron chi connectivity index (χ2n) is 8.12. The van der Waals surface area contributed by atoms with Crippen molar-refractivity contribution >= 4 is 11.7 Å². The van der Waals surface area contributed by atoms with Gasteiger partial charge in [-0.3, -0.25) is 14.6 Å². The number of Topliss-reactive ketones (excluding diaryl/α,β-unsaturated/α-hetero) is 1. The van der Waals surface area contributed by atoms with Crippen LogP contribution in [0.5, 0.6) is 0 Å². The number of hydrogen-bond acceptors (Lipinski definition) is 5. The maximum atomic E-state index is 14.0. The fourth-order valence-corrected chi connectivity index (χ4v) is 4.54. The summed E-state index contributed by atoms with van der Waals surface area (Å²) in [5.74, 6) is -0.707. The van der Waals surface area contributed by atoms with Crippen molar-refractivity contribution < 1.29 is 18.7 Å². The van der Waals surface area contributed by atoms with Crippen LogP contribution in [0, 0.1) is 5.92 Å². The number of carbonyl (C=O) groups is 2. The number of pyridine rings is 1. The van der Waals surface area contributed by atoms with Gasteiger partial charge in [0.2, 0.25) is 0 Å². The van der Waals surface area contributed by atoms with Crippen LogP contribution in [0.25, 0.3) is 0 Å². The van der Waals surface area contributed by atoms with Gasteiger partial charge >= 0.3 is 0 Å². The van der Waals surface area contributed by atoms with E-state index in [0.717, 1.165) is 18.5 Å². The van der Waals surface area contributed by atoms with Crippen LogP contribution >= 0.6 is 0 Å². The summed E-state index contributed by atoms with van der Waals surface area (Å²) in [5, 5.41) is 0.